The molecule has 0 bridgehead atoms. The Bertz CT molecular complexity index is 629. The zero-order chi connectivity index (χ0) is 16.8. The standard InChI is InChI=1S/C18H24N2O3/c1-12(9-13-3-6-15(23-2)7-4-13)20-11-18(22)14-5-8-17(21)16(19)10-14/h3-8,10,12,18,20-22H,9,11,19H2,1-2H3/t12?,18-/m1/s1. The number of anilines is 1. The van der Waals surface area contributed by atoms with E-state index in [1.165, 1.54) is 11.6 Å². The molecule has 2 aromatic rings. The first-order valence-electron chi connectivity index (χ1n) is 7.62. The van der Waals surface area contributed by atoms with E-state index in [0.29, 0.717) is 12.1 Å². The van der Waals surface area contributed by atoms with Crippen LogP contribution >= 0.6 is 0 Å². The number of hydrogen-bond acceptors (Lipinski definition) is 5. The Morgan fingerprint density at radius 2 is 1.87 bits per heavy atom. The van der Waals surface area contributed by atoms with Crippen LogP contribution in [0.3, 0.4) is 0 Å². The minimum Gasteiger partial charge on any atom is -0.506 e. The van der Waals surface area contributed by atoms with E-state index in [1.807, 2.05) is 24.3 Å². The predicted octanol–water partition coefficient (Wildman–Crippen LogP) is 2.24. The van der Waals surface area contributed by atoms with Gasteiger partial charge >= 0.3 is 0 Å². The maximum Gasteiger partial charge on any atom is 0.138 e. The number of nitrogens with two attached hydrogens (primary N) is 1. The maximum atomic E-state index is 10.2. The minimum atomic E-state index is -0.670. The topological polar surface area (TPSA) is 87.7 Å². The van der Waals surface area contributed by atoms with Gasteiger partial charge in [0.05, 0.1) is 18.9 Å². The van der Waals surface area contributed by atoms with E-state index in [-0.39, 0.29) is 17.5 Å². The van der Waals surface area contributed by atoms with Crippen LogP contribution in [0.1, 0.15) is 24.2 Å². The van der Waals surface area contributed by atoms with Crippen LogP contribution in [0.2, 0.25) is 0 Å². The van der Waals surface area contributed by atoms with Gasteiger partial charge in [-0.2, -0.15) is 0 Å². The van der Waals surface area contributed by atoms with E-state index in [9.17, 15) is 10.2 Å². The molecule has 0 radical (unpaired) electrons. The van der Waals surface area contributed by atoms with Crippen LogP contribution in [0.15, 0.2) is 42.5 Å². The van der Waals surface area contributed by atoms with Crippen molar-refractivity contribution in [2.45, 2.75) is 25.5 Å². The Hall–Kier alpha value is -2.24. The fourth-order valence-electron chi connectivity index (χ4n) is 2.40. The van der Waals surface area contributed by atoms with Gasteiger partial charge in [-0.25, -0.2) is 0 Å². The highest BCUT2D eigenvalue weighted by molar-refractivity contribution is 5.53. The van der Waals surface area contributed by atoms with Gasteiger partial charge in [0.1, 0.15) is 11.5 Å². The van der Waals surface area contributed by atoms with E-state index < -0.39 is 6.10 Å². The van der Waals surface area contributed by atoms with E-state index >= 15 is 0 Å². The summed E-state index contributed by atoms with van der Waals surface area (Å²) < 4.78 is 5.14. The molecule has 0 spiro atoms. The Kier molecular flexibility index (Phi) is 5.84. The molecule has 0 aliphatic rings. The van der Waals surface area contributed by atoms with Crippen molar-refractivity contribution in [3.05, 3.63) is 53.6 Å². The van der Waals surface area contributed by atoms with Gasteiger partial charge in [-0.05, 0) is 48.7 Å². The monoisotopic (exact) mass is 316 g/mol. The molecule has 0 aliphatic heterocycles. The molecule has 0 aromatic heterocycles. The second-order valence-corrected chi connectivity index (χ2v) is 5.70. The van der Waals surface area contributed by atoms with E-state index in [4.69, 9.17) is 10.5 Å². The van der Waals surface area contributed by atoms with E-state index in [2.05, 4.69) is 12.2 Å². The number of ether oxygens (including phenoxy) is 1. The highest BCUT2D eigenvalue weighted by atomic mass is 16.5. The molecule has 1 unspecified atom stereocenters. The second-order valence-electron chi connectivity index (χ2n) is 5.70. The zero-order valence-corrected chi connectivity index (χ0v) is 13.5. The summed E-state index contributed by atoms with van der Waals surface area (Å²) >= 11 is 0. The minimum absolute atomic E-state index is 0.0294. The number of aliphatic hydroxyl groups excluding tert-OH is 1. The lowest BCUT2D eigenvalue weighted by molar-refractivity contribution is 0.170. The van der Waals surface area contributed by atoms with Gasteiger partial charge in [0.2, 0.25) is 0 Å². The molecule has 0 amide bonds. The van der Waals surface area contributed by atoms with Crippen molar-refractivity contribution in [3.8, 4) is 11.5 Å². The molecule has 0 saturated carbocycles. The fourth-order valence-corrected chi connectivity index (χ4v) is 2.40. The molecule has 0 aliphatic carbocycles. The van der Waals surface area contributed by atoms with Gasteiger partial charge in [-0.15, -0.1) is 0 Å². The highest BCUT2D eigenvalue weighted by Gasteiger charge is 2.11. The molecule has 5 heteroatoms. The van der Waals surface area contributed by atoms with Gasteiger partial charge in [0, 0.05) is 12.6 Å². The van der Waals surface area contributed by atoms with Crippen molar-refractivity contribution in [2.24, 2.45) is 0 Å². The van der Waals surface area contributed by atoms with Crippen molar-refractivity contribution in [2.75, 3.05) is 19.4 Å². The summed E-state index contributed by atoms with van der Waals surface area (Å²) in [5.41, 5.74) is 7.81. The number of benzene rings is 2. The lowest BCUT2D eigenvalue weighted by Crippen LogP contribution is -2.32. The van der Waals surface area contributed by atoms with Gasteiger partial charge in [-0.1, -0.05) is 18.2 Å². The fraction of sp³-hybridized carbons (Fsp3) is 0.333. The molecule has 0 fully saturated rings. The number of rotatable bonds is 7. The lowest BCUT2D eigenvalue weighted by Gasteiger charge is -2.18. The quantitative estimate of drug-likeness (QED) is 0.465. The molecule has 23 heavy (non-hydrogen) atoms. The number of phenolic OH excluding ortho intramolecular Hbond substituents is 1. The van der Waals surface area contributed by atoms with Crippen LogP contribution in [-0.4, -0.2) is 29.9 Å². The summed E-state index contributed by atoms with van der Waals surface area (Å²) in [5, 5.41) is 22.9. The SMILES string of the molecule is COc1ccc(CC(C)NC[C@@H](O)c2ccc(O)c(N)c2)cc1. The largest absolute Gasteiger partial charge is 0.506 e. The third-order valence-corrected chi connectivity index (χ3v) is 3.80. The summed E-state index contributed by atoms with van der Waals surface area (Å²) in [6.45, 7) is 2.49. The first-order valence-corrected chi connectivity index (χ1v) is 7.62. The van der Waals surface area contributed by atoms with Crippen molar-refractivity contribution in [3.63, 3.8) is 0 Å². The Balaban J connectivity index is 1.85. The molecule has 2 atom stereocenters. The number of methoxy groups -OCH3 is 1. The van der Waals surface area contributed by atoms with Crippen LogP contribution in [0.4, 0.5) is 5.69 Å². The molecule has 124 valence electrons. The number of phenols is 1. The molecule has 0 saturated heterocycles. The molecule has 5 nitrogen and oxygen atoms in total. The molecule has 0 heterocycles. The van der Waals surface area contributed by atoms with Crippen molar-refractivity contribution >= 4 is 5.69 Å². The average Bonchev–Trinajstić information content (AvgIpc) is 2.56. The number of hydrogen-bond donors (Lipinski definition) is 4. The summed E-state index contributed by atoms with van der Waals surface area (Å²) in [4.78, 5) is 0. The molecular formula is C18H24N2O3. The normalized spacial score (nSPS) is 13.5. The first kappa shape index (κ1) is 17.1. The highest BCUT2D eigenvalue weighted by Crippen LogP contribution is 2.24. The van der Waals surface area contributed by atoms with Crippen molar-refractivity contribution < 1.29 is 14.9 Å². The van der Waals surface area contributed by atoms with E-state index in [0.717, 1.165) is 12.2 Å². The number of nitrogens with one attached hydrogen (secondary N) is 1. The van der Waals surface area contributed by atoms with Gasteiger partial charge < -0.3 is 26.0 Å². The van der Waals surface area contributed by atoms with Crippen LogP contribution in [-0.2, 0) is 6.42 Å². The van der Waals surface area contributed by atoms with Crippen molar-refractivity contribution in [1.29, 1.82) is 0 Å². The second kappa shape index (κ2) is 7.85. The van der Waals surface area contributed by atoms with Gasteiger partial charge in [-0.3, -0.25) is 0 Å². The third-order valence-electron chi connectivity index (χ3n) is 3.80. The lowest BCUT2D eigenvalue weighted by atomic mass is 10.1. The Labute approximate surface area is 136 Å². The smallest absolute Gasteiger partial charge is 0.138 e. The molecule has 2 aromatic carbocycles. The Morgan fingerprint density at radius 1 is 1.17 bits per heavy atom. The van der Waals surface area contributed by atoms with Crippen LogP contribution in [0, 0.1) is 0 Å². The Morgan fingerprint density at radius 3 is 2.48 bits per heavy atom. The molecular weight excluding hydrogens is 292 g/mol. The zero-order valence-electron chi connectivity index (χ0n) is 13.5. The molecule has 5 N–H and O–H groups in total. The van der Waals surface area contributed by atoms with E-state index in [1.54, 1.807) is 19.2 Å². The predicted molar refractivity (Wildman–Crippen MR) is 91.6 cm³/mol. The van der Waals surface area contributed by atoms with Crippen LogP contribution in [0.5, 0.6) is 11.5 Å². The summed E-state index contributed by atoms with van der Waals surface area (Å²) in [5.74, 6) is 0.872. The van der Waals surface area contributed by atoms with Gasteiger partial charge in [0.15, 0.2) is 0 Å². The number of aromatic hydroxyl groups is 1. The molecule has 2 rings (SSSR count). The third kappa shape index (κ3) is 4.87. The van der Waals surface area contributed by atoms with Crippen LogP contribution < -0.4 is 15.8 Å². The van der Waals surface area contributed by atoms with Gasteiger partial charge in [0.25, 0.3) is 0 Å². The summed E-state index contributed by atoms with van der Waals surface area (Å²) in [7, 11) is 1.65. The average molecular weight is 316 g/mol. The maximum absolute atomic E-state index is 10.2. The summed E-state index contributed by atoms with van der Waals surface area (Å²) in [6.07, 6.45) is 0.185. The summed E-state index contributed by atoms with van der Waals surface area (Å²) in [6, 6.07) is 12.9. The number of nitrogen functional groups attached to an aromatic ring is 1. The van der Waals surface area contributed by atoms with Crippen LogP contribution in [0.25, 0.3) is 0 Å². The van der Waals surface area contributed by atoms with Crippen molar-refractivity contribution in [1.82, 2.24) is 5.32 Å². The number of aliphatic hydroxyl groups is 1. The first-order chi connectivity index (χ1) is 11.0.